The number of hydrogen-bond donors (Lipinski definition) is 4. The number of carbonyl (C=O) groups excluding carboxylic acids is 1. The van der Waals surface area contributed by atoms with E-state index in [2.05, 4.69) is 16.0 Å². The van der Waals surface area contributed by atoms with Gasteiger partial charge in [-0.15, -0.1) is 24.8 Å². The van der Waals surface area contributed by atoms with Crippen molar-refractivity contribution >= 4 is 30.7 Å². The number of methoxy groups -OCH3 is 1. The average molecular weight is 440 g/mol. The Balaban J connectivity index is 0. The minimum absolute atomic E-state index is 0. The molecule has 0 bridgehead atoms. The van der Waals surface area contributed by atoms with Gasteiger partial charge < -0.3 is 30.5 Å². The quantitative estimate of drug-likeness (QED) is 0.393. The molecule has 164 valence electrons. The van der Waals surface area contributed by atoms with Crippen molar-refractivity contribution in [1.82, 2.24) is 16.0 Å². The van der Waals surface area contributed by atoms with Crippen molar-refractivity contribution < 1.29 is 19.4 Å². The lowest BCUT2D eigenvalue weighted by Gasteiger charge is -2.21. The molecule has 0 aromatic heterocycles. The highest BCUT2D eigenvalue weighted by Crippen LogP contribution is 2.31. The molecule has 0 saturated carbocycles. The maximum Gasteiger partial charge on any atom is 0.258 e. The van der Waals surface area contributed by atoms with Crippen LogP contribution in [0.1, 0.15) is 33.3 Å². The molecule has 1 amide bonds. The van der Waals surface area contributed by atoms with Gasteiger partial charge in [-0.1, -0.05) is 12.1 Å². The number of ether oxygens (including phenoxy) is 2. The van der Waals surface area contributed by atoms with Gasteiger partial charge in [0.15, 0.2) is 18.1 Å². The highest BCUT2D eigenvalue weighted by Gasteiger charge is 2.16. The molecule has 1 aromatic carbocycles. The topological polar surface area (TPSA) is 91.8 Å². The van der Waals surface area contributed by atoms with Crippen LogP contribution < -0.4 is 25.4 Å². The molecule has 4 N–H and O–H groups in total. The van der Waals surface area contributed by atoms with Crippen molar-refractivity contribution in [3.63, 3.8) is 0 Å². The fourth-order valence-corrected chi connectivity index (χ4v) is 2.33. The largest absolute Gasteiger partial charge is 0.493 e. The van der Waals surface area contributed by atoms with Crippen molar-refractivity contribution in [2.24, 2.45) is 0 Å². The first-order valence-corrected chi connectivity index (χ1v) is 8.92. The summed E-state index contributed by atoms with van der Waals surface area (Å²) in [7, 11) is 1.58. The minimum atomic E-state index is -0.354. The van der Waals surface area contributed by atoms with Crippen LogP contribution in [-0.4, -0.2) is 56.0 Å². The number of halogens is 2. The van der Waals surface area contributed by atoms with E-state index in [-0.39, 0.29) is 49.0 Å². The van der Waals surface area contributed by atoms with E-state index in [9.17, 15) is 9.90 Å². The van der Waals surface area contributed by atoms with Crippen molar-refractivity contribution in [1.29, 1.82) is 0 Å². The van der Waals surface area contributed by atoms with Crippen molar-refractivity contribution in [3.05, 3.63) is 23.8 Å². The van der Waals surface area contributed by atoms with Crippen LogP contribution in [0.15, 0.2) is 18.2 Å². The average Bonchev–Trinajstić information content (AvgIpc) is 2.54. The molecule has 0 fully saturated rings. The second-order valence-corrected chi connectivity index (χ2v) is 7.27. The number of aliphatic hydroxyl groups excluding tert-OH is 1. The summed E-state index contributed by atoms with van der Waals surface area (Å²) in [6, 6.07) is 5.64. The monoisotopic (exact) mass is 439 g/mol. The normalized spacial score (nSPS) is 11.6. The molecule has 0 aliphatic heterocycles. The van der Waals surface area contributed by atoms with Gasteiger partial charge in [0.2, 0.25) is 0 Å². The summed E-state index contributed by atoms with van der Waals surface area (Å²) in [5.74, 6) is 0.994. The Bertz CT molecular complexity index is 567. The molecule has 9 heteroatoms. The van der Waals surface area contributed by atoms with Gasteiger partial charge in [-0.3, -0.25) is 4.79 Å². The molecule has 1 atom stereocenters. The molecule has 0 spiro atoms. The number of amides is 1. The first kappa shape index (κ1) is 29.0. The van der Waals surface area contributed by atoms with E-state index in [1.807, 2.05) is 39.0 Å². The molecular formula is C19H35Cl2N3O4. The van der Waals surface area contributed by atoms with Gasteiger partial charge in [0.25, 0.3) is 5.91 Å². The van der Waals surface area contributed by atoms with Gasteiger partial charge in [-0.05, 0) is 33.8 Å². The third-order valence-electron chi connectivity index (χ3n) is 3.38. The molecule has 0 heterocycles. The molecule has 1 unspecified atom stereocenters. The van der Waals surface area contributed by atoms with E-state index in [1.165, 1.54) is 0 Å². The number of para-hydroxylation sites is 1. The van der Waals surface area contributed by atoms with Crippen molar-refractivity contribution in [2.45, 2.75) is 45.9 Å². The van der Waals surface area contributed by atoms with E-state index in [4.69, 9.17) is 9.47 Å². The lowest BCUT2D eigenvalue weighted by atomic mass is 10.1. The molecule has 1 rings (SSSR count). The Morgan fingerprint density at radius 3 is 2.39 bits per heavy atom. The minimum Gasteiger partial charge on any atom is -0.493 e. The maximum absolute atomic E-state index is 12.0. The predicted molar refractivity (Wildman–Crippen MR) is 117 cm³/mol. The molecule has 0 aliphatic carbocycles. The number of benzene rings is 1. The Morgan fingerprint density at radius 1 is 1.18 bits per heavy atom. The van der Waals surface area contributed by atoms with Crippen molar-refractivity contribution in [3.8, 4) is 11.5 Å². The summed E-state index contributed by atoms with van der Waals surface area (Å²) in [6.07, 6.45) is -0.354. The zero-order valence-electron chi connectivity index (χ0n) is 17.3. The van der Waals surface area contributed by atoms with Gasteiger partial charge in [0.05, 0.1) is 13.2 Å². The number of aliphatic hydroxyl groups is 1. The molecule has 28 heavy (non-hydrogen) atoms. The second kappa shape index (κ2) is 14.7. The second-order valence-electron chi connectivity index (χ2n) is 7.27. The summed E-state index contributed by atoms with van der Waals surface area (Å²) in [5.41, 5.74) is 0.619. The summed E-state index contributed by atoms with van der Waals surface area (Å²) in [6.45, 7) is 10.1. The Morgan fingerprint density at radius 2 is 1.82 bits per heavy atom. The maximum atomic E-state index is 12.0. The Hall–Kier alpha value is -1.25. The third kappa shape index (κ3) is 12.3. The first-order valence-electron chi connectivity index (χ1n) is 8.92. The van der Waals surface area contributed by atoms with E-state index in [0.717, 1.165) is 18.7 Å². The van der Waals surface area contributed by atoms with Crippen LogP contribution in [0.25, 0.3) is 0 Å². The van der Waals surface area contributed by atoms with Crippen LogP contribution in [0.3, 0.4) is 0 Å². The zero-order chi connectivity index (χ0) is 19.6. The third-order valence-corrected chi connectivity index (χ3v) is 3.38. The molecule has 1 aromatic rings. The zero-order valence-corrected chi connectivity index (χ0v) is 19.0. The highest BCUT2D eigenvalue weighted by molar-refractivity contribution is 5.85. The fourth-order valence-electron chi connectivity index (χ4n) is 2.33. The lowest BCUT2D eigenvalue weighted by Crippen LogP contribution is -2.43. The van der Waals surface area contributed by atoms with Crippen LogP contribution in [0, 0.1) is 0 Å². The van der Waals surface area contributed by atoms with Crippen LogP contribution in [0.4, 0.5) is 0 Å². The first-order chi connectivity index (χ1) is 12.2. The van der Waals surface area contributed by atoms with E-state index >= 15 is 0 Å². The molecule has 0 aliphatic rings. The molecule has 0 radical (unpaired) electrons. The van der Waals surface area contributed by atoms with Gasteiger partial charge >= 0.3 is 0 Å². The summed E-state index contributed by atoms with van der Waals surface area (Å²) in [5, 5.41) is 18.5. The summed E-state index contributed by atoms with van der Waals surface area (Å²) >= 11 is 0. The van der Waals surface area contributed by atoms with Crippen molar-refractivity contribution in [2.75, 3.05) is 33.4 Å². The van der Waals surface area contributed by atoms with Crippen LogP contribution in [0.2, 0.25) is 0 Å². The van der Waals surface area contributed by atoms with Crippen LogP contribution in [0.5, 0.6) is 11.5 Å². The van der Waals surface area contributed by atoms with E-state index in [1.54, 1.807) is 14.0 Å². The standard InChI is InChI=1S/C19H33N3O4.2ClH/c1-14(23)11-20-9-10-21-12-15-7-6-8-16(25-5)18(15)26-13-17(24)22-19(2,3)4;;/h6-8,14,20-21,23H,9-13H2,1-5H3,(H,22,24);2*1H. The van der Waals surface area contributed by atoms with E-state index < -0.39 is 0 Å². The lowest BCUT2D eigenvalue weighted by molar-refractivity contribution is -0.124. The summed E-state index contributed by atoms with van der Waals surface area (Å²) < 4.78 is 11.1. The van der Waals surface area contributed by atoms with Crippen LogP contribution >= 0.6 is 24.8 Å². The Kier molecular flexibility index (Phi) is 15.2. The van der Waals surface area contributed by atoms with Gasteiger partial charge in [0, 0.05) is 37.3 Å². The predicted octanol–water partition coefficient (Wildman–Crippen LogP) is 1.89. The SMILES string of the molecule is COc1cccc(CNCCNCC(C)O)c1OCC(=O)NC(C)(C)C.Cl.Cl. The summed E-state index contributed by atoms with van der Waals surface area (Å²) in [4.78, 5) is 12.0. The number of rotatable bonds is 11. The van der Waals surface area contributed by atoms with Gasteiger partial charge in [0.1, 0.15) is 0 Å². The fraction of sp³-hybridized carbons (Fsp3) is 0.632. The molecular weight excluding hydrogens is 405 g/mol. The Labute approximate surface area is 180 Å². The number of hydrogen-bond acceptors (Lipinski definition) is 6. The molecule has 0 saturated heterocycles. The number of nitrogens with one attached hydrogen (secondary N) is 3. The van der Waals surface area contributed by atoms with Gasteiger partial charge in [-0.2, -0.15) is 0 Å². The molecule has 7 nitrogen and oxygen atoms in total. The van der Waals surface area contributed by atoms with E-state index in [0.29, 0.717) is 24.6 Å². The van der Waals surface area contributed by atoms with Crippen LogP contribution in [-0.2, 0) is 11.3 Å². The number of carbonyl (C=O) groups is 1. The van der Waals surface area contributed by atoms with Gasteiger partial charge in [-0.25, -0.2) is 0 Å². The highest BCUT2D eigenvalue weighted by atomic mass is 35.5. The smallest absolute Gasteiger partial charge is 0.258 e.